The van der Waals surface area contributed by atoms with E-state index in [1.165, 1.54) is 6.07 Å². The van der Waals surface area contributed by atoms with Gasteiger partial charge in [-0.1, -0.05) is 19.1 Å². The highest BCUT2D eigenvalue weighted by molar-refractivity contribution is 6.04. The van der Waals surface area contributed by atoms with Crippen molar-refractivity contribution in [3.63, 3.8) is 0 Å². The van der Waals surface area contributed by atoms with Gasteiger partial charge < -0.3 is 20.7 Å². The number of rotatable bonds is 9. The molecule has 2 aromatic rings. The molecule has 2 aliphatic heterocycles. The molecule has 2 aromatic carbocycles. The fourth-order valence-electron chi connectivity index (χ4n) is 5.74. The summed E-state index contributed by atoms with van der Waals surface area (Å²) in [6.07, 6.45) is -2.49. The van der Waals surface area contributed by atoms with Gasteiger partial charge in [0, 0.05) is 38.0 Å². The van der Waals surface area contributed by atoms with Crippen LogP contribution in [0.15, 0.2) is 36.4 Å². The third kappa shape index (κ3) is 7.58. The van der Waals surface area contributed by atoms with Gasteiger partial charge in [0.15, 0.2) is 0 Å². The Balaban J connectivity index is 1.45. The summed E-state index contributed by atoms with van der Waals surface area (Å²) < 4.78 is 47.2. The highest BCUT2D eigenvalue weighted by Gasteiger charge is 2.35. The molecular formula is C29H37F3N4O3. The number of nitrogens with two attached hydrogens (primary N) is 1. The fraction of sp³-hybridized carbons (Fsp3) is 0.517. The number of nitrogens with one attached hydrogen (secondary N) is 1. The van der Waals surface area contributed by atoms with Gasteiger partial charge in [0.05, 0.1) is 18.7 Å². The van der Waals surface area contributed by atoms with E-state index in [2.05, 4.69) is 10.2 Å². The lowest BCUT2D eigenvalue weighted by Crippen LogP contribution is -2.38. The number of carbonyl (C=O) groups is 2. The molecule has 0 saturated carbocycles. The normalized spacial score (nSPS) is 19.1. The maximum Gasteiger partial charge on any atom is 0.416 e. The Morgan fingerprint density at radius 1 is 1.10 bits per heavy atom. The third-order valence-corrected chi connectivity index (χ3v) is 7.74. The van der Waals surface area contributed by atoms with E-state index in [1.54, 1.807) is 25.3 Å². The van der Waals surface area contributed by atoms with Gasteiger partial charge >= 0.3 is 6.18 Å². The molecule has 4 rings (SSSR count). The van der Waals surface area contributed by atoms with Crippen LogP contribution in [-0.4, -0.2) is 68.1 Å². The minimum atomic E-state index is -4.53. The van der Waals surface area contributed by atoms with Crippen molar-refractivity contribution in [2.75, 3.05) is 51.8 Å². The van der Waals surface area contributed by atoms with E-state index in [0.717, 1.165) is 49.7 Å². The van der Waals surface area contributed by atoms with Crippen molar-refractivity contribution < 1.29 is 27.5 Å². The molecule has 2 heterocycles. The number of fused-ring (bicyclic) bond motifs is 1. The summed E-state index contributed by atoms with van der Waals surface area (Å²) in [6.45, 7) is 6.50. The van der Waals surface area contributed by atoms with Crippen LogP contribution in [0, 0.1) is 5.92 Å². The summed E-state index contributed by atoms with van der Waals surface area (Å²) in [5, 5.41) is 2.64. The maximum absolute atomic E-state index is 14.0. The molecular weight excluding hydrogens is 509 g/mol. The first-order chi connectivity index (χ1) is 18.5. The number of likely N-dealkylation sites (tertiary alicyclic amines) is 1. The van der Waals surface area contributed by atoms with Crippen LogP contribution in [0.4, 0.5) is 18.9 Å². The Kier molecular flexibility index (Phi) is 9.30. The molecule has 212 valence electrons. The van der Waals surface area contributed by atoms with Crippen molar-refractivity contribution in [2.24, 2.45) is 11.7 Å². The average molecular weight is 547 g/mol. The molecule has 0 radical (unpaired) electrons. The van der Waals surface area contributed by atoms with Crippen molar-refractivity contribution in [1.29, 1.82) is 0 Å². The number of anilines is 1. The largest absolute Gasteiger partial charge is 0.416 e. The van der Waals surface area contributed by atoms with E-state index in [1.807, 2.05) is 17.9 Å². The molecule has 2 amide bonds. The number of nitrogens with zero attached hydrogens (tertiary/aromatic N) is 2. The highest BCUT2D eigenvalue weighted by atomic mass is 19.4. The number of primary amides is 1. The van der Waals surface area contributed by atoms with Gasteiger partial charge in [-0.25, -0.2) is 0 Å². The van der Waals surface area contributed by atoms with Crippen molar-refractivity contribution >= 4 is 17.5 Å². The van der Waals surface area contributed by atoms with Gasteiger partial charge in [0.2, 0.25) is 5.91 Å². The summed E-state index contributed by atoms with van der Waals surface area (Å²) in [7, 11) is 1.66. The number of benzene rings is 2. The minimum Gasteiger partial charge on any atom is -0.383 e. The first-order valence-electron chi connectivity index (χ1n) is 13.4. The Hall–Kier alpha value is -2.95. The molecule has 1 atom stereocenters. The molecule has 0 spiro atoms. The van der Waals surface area contributed by atoms with Crippen LogP contribution >= 0.6 is 0 Å². The minimum absolute atomic E-state index is 0.104. The molecule has 0 bridgehead atoms. The van der Waals surface area contributed by atoms with Crippen molar-refractivity contribution in [3.8, 4) is 0 Å². The van der Waals surface area contributed by atoms with Gasteiger partial charge in [-0.2, -0.15) is 13.2 Å². The summed E-state index contributed by atoms with van der Waals surface area (Å²) in [6, 6.07) is 9.38. The van der Waals surface area contributed by atoms with Crippen LogP contribution in [-0.2, 0) is 28.7 Å². The van der Waals surface area contributed by atoms with E-state index in [0.29, 0.717) is 31.7 Å². The van der Waals surface area contributed by atoms with E-state index in [-0.39, 0.29) is 29.6 Å². The standard InChI is InChI=1S/C29H37F3N4O3/c1-19-16-36(18-27(33)37)17-23-14-22(4-6-25(19)23)28(38)34-24-5-3-21(26(15-24)29(30,31)32)13-20-7-9-35(10-8-20)11-12-39-2/h3-6,14-15,19-20H,7-13,16-18H2,1-2H3,(H2,33,37)(H,34,38)/t19-/m0/s1. The number of carbonyl (C=O) groups excluding carboxylic acids is 2. The average Bonchev–Trinajstić information content (AvgIpc) is 2.88. The number of ether oxygens (including phenoxy) is 1. The van der Waals surface area contributed by atoms with E-state index >= 15 is 0 Å². The maximum atomic E-state index is 14.0. The third-order valence-electron chi connectivity index (χ3n) is 7.74. The molecule has 0 unspecified atom stereocenters. The highest BCUT2D eigenvalue weighted by Crippen LogP contribution is 2.36. The predicted molar refractivity (Wildman–Crippen MR) is 143 cm³/mol. The summed E-state index contributed by atoms with van der Waals surface area (Å²) >= 11 is 0. The Bertz CT molecular complexity index is 1180. The lowest BCUT2D eigenvalue weighted by atomic mass is 9.88. The lowest BCUT2D eigenvalue weighted by Gasteiger charge is -2.32. The number of hydrogen-bond donors (Lipinski definition) is 2. The first-order valence-corrected chi connectivity index (χ1v) is 13.4. The topological polar surface area (TPSA) is 87.9 Å². The molecule has 10 heteroatoms. The molecule has 39 heavy (non-hydrogen) atoms. The molecule has 7 nitrogen and oxygen atoms in total. The van der Waals surface area contributed by atoms with E-state index in [4.69, 9.17) is 10.5 Å². The van der Waals surface area contributed by atoms with Gasteiger partial charge in [-0.15, -0.1) is 0 Å². The lowest BCUT2D eigenvalue weighted by molar-refractivity contribution is -0.138. The second-order valence-corrected chi connectivity index (χ2v) is 10.8. The van der Waals surface area contributed by atoms with Crippen LogP contribution < -0.4 is 11.1 Å². The number of methoxy groups -OCH3 is 1. The van der Waals surface area contributed by atoms with Crippen molar-refractivity contribution in [1.82, 2.24) is 9.80 Å². The molecule has 2 aliphatic rings. The fourth-order valence-corrected chi connectivity index (χ4v) is 5.74. The molecule has 1 fully saturated rings. The molecule has 0 aromatic heterocycles. The number of piperidine rings is 1. The zero-order valence-corrected chi connectivity index (χ0v) is 22.5. The predicted octanol–water partition coefficient (Wildman–Crippen LogP) is 4.26. The number of alkyl halides is 3. The van der Waals surface area contributed by atoms with Crippen molar-refractivity contribution in [3.05, 3.63) is 64.2 Å². The van der Waals surface area contributed by atoms with Crippen LogP contribution in [0.5, 0.6) is 0 Å². The van der Waals surface area contributed by atoms with Crippen LogP contribution in [0.3, 0.4) is 0 Å². The monoisotopic (exact) mass is 546 g/mol. The van der Waals surface area contributed by atoms with Gasteiger partial charge in [-0.3, -0.25) is 14.5 Å². The SMILES string of the molecule is COCCN1CCC(Cc2ccc(NC(=O)c3ccc4c(c3)CN(CC(N)=O)C[C@@H]4C)cc2C(F)(F)F)CC1. The molecule has 0 aliphatic carbocycles. The summed E-state index contributed by atoms with van der Waals surface area (Å²) in [4.78, 5) is 28.6. The van der Waals surface area contributed by atoms with E-state index < -0.39 is 23.6 Å². The zero-order valence-electron chi connectivity index (χ0n) is 22.5. The Morgan fingerprint density at radius 2 is 1.85 bits per heavy atom. The number of hydrogen-bond acceptors (Lipinski definition) is 5. The van der Waals surface area contributed by atoms with Gasteiger partial charge in [0.25, 0.3) is 5.91 Å². The van der Waals surface area contributed by atoms with Crippen LogP contribution in [0.1, 0.15) is 58.3 Å². The Labute approximate surface area is 227 Å². The second-order valence-electron chi connectivity index (χ2n) is 10.8. The second kappa shape index (κ2) is 12.5. The van der Waals surface area contributed by atoms with Gasteiger partial charge in [-0.05, 0) is 85.1 Å². The quantitative estimate of drug-likeness (QED) is 0.491. The summed E-state index contributed by atoms with van der Waals surface area (Å²) in [5.41, 5.74) is 7.34. The van der Waals surface area contributed by atoms with E-state index in [9.17, 15) is 22.8 Å². The Morgan fingerprint density at radius 3 is 2.51 bits per heavy atom. The van der Waals surface area contributed by atoms with Crippen LogP contribution in [0.2, 0.25) is 0 Å². The van der Waals surface area contributed by atoms with Gasteiger partial charge in [0.1, 0.15) is 0 Å². The zero-order chi connectivity index (χ0) is 28.2. The first kappa shape index (κ1) is 29.0. The summed E-state index contributed by atoms with van der Waals surface area (Å²) in [5.74, 6) is -0.570. The molecule has 3 N–H and O–H groups in total. The van der Waals surface area contributed by atoms with Crippen LogP contribution in [0.25, 0.3) is 0 Å². The number of amides is 2. The smallest absolute Gasteiger partial charge is 0.383 e. The number of halogens is 3. The van der Waals surface area contributed by atoms with Crippen molar-refractivity contribution in [2.45, 2.75) is 44.8 Å². The molecule has 1 saturated heterocycles.